The van der Waals surface area contributed by atoms with Gasteiger partial charge in [0.1, 0.15) is 6.04 Å². The predicted octanol–water partition coefficient (Wildman–Crippen LogP) is 6.74. The first-order chi connectivity index (χ1) is 11.1. The lowest BCUT2D eigenvalue weighted by molar-refractivity contribution is -0.919. The van der Waals surface area contributed by atoms with Crippen molar-refractivity contribution in [3.63, 3.8) is 0 Å². The van der Waals surface area contributed by atoms with Crippen LogP contribution in [-0.2, 0) is 0 Å². The first-order valence-corrected chi connectivity index (χ1v) is 9.95. The molecule has 1 rings (SSSR count). The second-order valence-corrected chi connectivity index (χ2v) is 7.77. The fourth-order valence-electron chi connectivity index (χ4n) is 3.34. The summed E-state index contributed by atoms with van der Waals surface area (Å²) in [5, 5.41) is 0. The maximum absolute atomic E-state index is 2.38. The molecule has 1 nitrogen and oxygen atoms in total. The molecule has 0 radical (unpaired) electrons. The number of nitrogens with zero attached hydrogens (tertiary/aromatic N) is 1. The van der Waals surface area contributed by atoms with E-state index in [1.165, 1.54) is 76.3 Å². The number of unbranched alkanes of at least 4 members (excludes halogenated alkanes) is 9. The highest BCUT2D eigenvalue weighted by Gasteiger charge is 2.24. The molecule has 1 aromatic carbocycles. The van der Waals surface area contributed by atoms with E-state index in [-0.39, 0.29) is 0 Å². The third-order valence-corrected chi connectivity index (χ3v) is 5.42. The highest BCUT2D eigenvalue weighted by molar-refractivity contribution is 5.16. The summed E-state index contributed by atoms with van der Waals surface area (Å²) in [7, 11) is 4.76. The van der Waals surface area contributed by atoms with E-state index in [0.717, 1.165) is 4.48 Å². The average Bonchev–Trinajstić information content (AvgIpc) is 2.56. The van der Waals surface area contributed by atoms with Gasteiger partial charge >= 0.3 is 0 Å². The Morgan fingerprint density at radius 2 is 1.22 bits per heavy atom. The maximum Gasteiger partial charge on any atom is 0.111 e. The Labute approximate surface area is 145 Å². The zero-order chi connectivity index (χ0) is 17.0. The van der Waals surface area contributed by atoms with E-state index in [2.05, 4.69) is 58.3 Å². The minimum Gasteiger partial charge on any atom is -0.323 e. The lowest BCUT2D eigenvalue weighted by atomic mass is 10.0. The van der Waals surface area contributed by atoms with Gasteiger partial charge in [-0.25, -0.2) is 0 Å². The van der Waals surface area contributed by atoms with E-state index in [0.29, 0.717) is 6.04 Å². The van der Waals surface area contributed by atoms with Crippen molar-refractivity contribution in [2.75, 3.05) is 20.6 Å². The van der Waals surface area contributed by atoms with E-state index in [4.69, 9.17) is 0 Å². The second kappa shape index (κ2) is 11.7. The van der Waals surface area contributed by atoms with Crippen molar-refractivity contribution in [1.82, 2.24) is 0 Å². The molecule has 0 heterocycles. The molecule has 0 aliphatic rings. The molecule has 0 aliphatic carbocycles. The van der Waals surface area contributed by atoms with E-state index in [1.807, 2.05) is 0 Å². The molecule has 132 valence electrons. The zero-order valence-corrected chi connectivity index (χ0v) is 16.2. The fourth-order valence-corrected chi connectivity index (χ4v) is 3.34. The normalized spacial score (nSPS) is 13.2. The van der Waals surface area contributed by atoms with Gasteiger partial charge in [0.05, 0.1) is 20.6 Å². The van der Waals surface area contributed by atoms with Crippen molar-refractivity contribution < 1.29 is 4.48 Å². The predicted molar refractivity (Wildman–Crippen MR) is 104 cm³/mol. The van der Waals surface area contributed by atoms with Gasteiger partial charge < -0.3 is 4.48 Å². The van der Waals surface area contributed by atoms with Crippen LogP contribution in [0.1, 0.15) is 89.7 Å². The number of quaternary nitrogens is 1. The second-order valence-electron chi connectivity index (χ2n) is 7.77. The SMILES string of the molecule is CCCCCCCCCCCC[N+](C)(C)C(C)c1ccccc1. The van der Waals surface area contributed by atoms with Gasteiger partial charge in [-0.15, -0.1) is 0 Å². The molecule has 0 aliphatic heterocycles. The van der Waals surface area contributed by atoms with Gasteiger partial charge in [0.25, 0.3) is 0 Å². The Bertz CT molecular complexity index is 382. The highest BCUT2D eigenvalue weighted by atomic mass is 15.3. The summed E-state index contributed by atoms with van der Waals surface area (Å²) in [6.45, 7) is 5.94. The van der Waals surface area contributed by atoms with Crippen molar-refractivity contribution in [3.8, 4) is 0 Å². The first kappa shape index (κ1) is 20.2. The summed E-state index contributed by atoms with van der Waals surface area (Å²) in [6.07, 6.45) is 14.2. The summed E-state index contributed by atoms with van der Waals surface area (Å²) in [6, 6.07) is 11.5. The molecule has 0 amide bonds. The van der Waals surface area contributed by atoms with Gasteiger partial charge in [0.15, 0.2) is 0 Å². The first-order valence-electron chi connectivity index (χ1n) is 9.95. The third kappa shape index (κ3) is 8.55. The fraction of sp³-hybridized carbons (Fsp3) is 0.727. The smallest absolute Gasteiger partial charge is 0.111 e. The summed E-state index contributed by atoms with van der Waals surface area (Å²) < 4.78 is 1.10. The van der Waals surface area contributed by atoms with Crippen molar-refractivity contribution in [1.29, 1.82) is 0 Å². The van der Waals surface area contributed by atoms with Crippen LogP contribution in [0.15, 0.2) is 30.3 Å². The number of hydrogen-bond acceptors (Lipinski definition) is 0. The van der Waals surface area contributed by atoms with E-state index in [1.54, 1.807) is 0 Å². The quantitative estimate of drug-likeness (QED) is 0.279. The van der Waals surface area contributed by atoms with Crippen LogP contribution in [0, 0.1) is 0 Å². The van der Waals surface area contributed by atoms with Gasteiger partial charge in [-0.2, -0.15) is 0 Å². The molecule has 0 bridgehead atoms. The van der Waals surface area contributed by atoms with Crippen molar-refractivity contribution in [2.45, 2.75) is 84.1 Å². The molecule has 1 heteroatoms. The molecule has 23 heavy (non-hydrogen) atoms. The Balaban J connectivity index is 2.10. The molecule has 0 spiro atoms. The maximum atomic E-state index is 2.38. The Morgan fingerprint density at radius 3 is 1.74 bits per heavy atom. The summed E-state index contributed by atoms with van der Waals surface area (Å²) in [5.74, 6) is 0. The Kier molecular flexibility index (Phi) is 10.3. The van der Waals surface area contributed by atoms with Crippen LogP contribution in [-0.4, -0.2) is 25.1 Å². The third-order valence-electron chi connectivity index (χ3n) is 5.42. The number of benzene rings is 1. The van der Waals surface area contributed by atoms with E-state index in [9.17, 15) is 0 Å². The topological polar surface area (TPSA) is 0 Å². The molecule has 0 aromatic heterocycles. The molecule has 1 unspecified atom stereocenters. The molecule has 0 N–H and O–H groups in total. The molecule has 0 fully saturated rings. The average molecular weight is 319 g/mol. The number of rotatable bonds is 13. The lowest BCUT2D eigenvalue weighted by Crippen LogP contribution is -2.42. The molecule has 0 saturated carbocycles. The van der Waals surface area contributed by atoms with Gasteiger partial charge in [-0.3, -0.25) is 0 Å². The molecule has 0 saturated heterocycles. The Morgan fingerprint density at radius 1 is 0.739 bits per heavy atom. The minimum atomic E-state index is 0.578. The summed E-state index contributed by atoms with van der Waals surface area (Å²) >= 11 is 0. The van der Waals surface area contributed by atoms with Crippen LogP contribution in [0.25, 0.3) is 0 Å². The van der Waals surface area contributed by atoms with E-state index < -0.39 is 0 Å². The molecular formula is C22H40N+. The highest BCUT2D eigenvalue weighted by Crippen LogP contribution is 2.25. The van der Waals surface area contributed by atoms with Crippen molar-refractivity contribution in [3.05, 3.63) is 35.9 Å². The van der Waals surface area contributed by atoms with Crippen LogP contribution in [0.4, 0.5) is 0 Å². The standard InChI is InChI=1S/C22H40N/c1-5-6-7-8-9-10-11-12-13-17-20-23(3,4)21(2)22-18-15-14-16-19-22/h14-16,18-19,21H,5-13,17,20H2,1-4H3/q+1. The molecular weight excluding hydrogens is 278 g/mol. The van der Waals surface area contributed by atoms with Crippen LogP contribution < -0.4 is 0 Å². The van der Waals surface area contributed by atoms with Crippen molar-refractivity contribution in [2.24, 2.45) is 0 Å². The van der Waals surface area contributed by atoms with E-state index >= 15 is 0 Å². The van der Waals surface area contributed by atoms with Gasteiger partial charge in [-0.1, -0.05) is 88.6 Å². The van der Waals surface area contributed by atoms with Crippen molar-refractivity contribution >= 4 is 0 Å². The van der Waals surface area contributed by atoms with Crippen LogP contribution >= 0.6 is 0 Å². The van der Waals surface area contributed by atoms with Gasteiger partial charge in [0, 0.05) is 5.56 Å². The summed E-state index contributed by atoms with van der Waals surface area (Å²) in [5.41, 5.74) is 1.46. The largest absolute Gasteiger partial charge is 0.323 e. The molecule has 1 aromatic rings. The monoisotopic (exact) mass is 318 g/mol. The van der Waals surface area contributed by atoms with Crippen LogP contribution in [0.3, 0.4) is 0 Å². The zero-order valence-electron chi connectivity index (χ0n) is 16.2. The Hall–Kier alpha value is -0.820. The number of hydrogen-bond donors (Lipinski definition) is 0. The van der Waals surface area contributed by atoms with Gasteiger partial charge in [0.2, 0.25) is 0 Å². The van der Waals surface area contributed by atoms with Crippen LogP contribution in [0.5, 0.6) is 0 Å². The summed E-state index contributed by atoms with van der Waals surface area (Å²) in [4.78, 5) is 0. The lowest BCUT2D eigenvalue weighted by Gasteiger charge is -2.36. The van der Waals surface area contributed by atoms with Gasteiger partial charge in [-0.05, 0) is 19.8 Å². The minimum absolute atomic E-state index is 0.578. The molecule has 1 atom stereocenters. The van der Waals surface area contributed by atoms with Crippen LogP contribution in [0.2, 0.25) is 0 Å².